The van der Waals surface area contributed by atoms with Crippen molar-refractivity contribution in [1.82, 2.24) is 0 Å². The number of rotatable bonds is 1. The van der Waals surface area contributed by atoms with Crippen LogP contribution in [-0.4, -0.2) is 11.2 Å². The molecule has 0 spiro atoms. The van der Waals surface area contributed by atoms with E-state index in [1.807, 2.05) is 0 Å². The van der Waals surface area contributed by atoms with Crippen LogP contribution >= 0.6 is 0 Å². The van der Waals surface area contributed by atoms with Gasteiger partial charge < -0.3 is 5.11 Å². The van der Waals surface area contributed by atoms with Crippen LogP contribution in [0.15, 0.2) is 0 Å². The quantitative estimate of drug-likeness (QED) is 0.633. The van der Waals surface area contributed by atoms with E-state index in [0.29, 0.717) is 0 Å². The molecule has 0 heterocycles. The first kappa shape index (κ1) is 17.3. The van der Waals surface area contributed by atoms with Crippen LogP contribution in [0.25, 0.3) is 0 Å². The minimum atomic E-state index is 0.0196. The second-order valence-corrected chi connectivity index (χ2v) is 8.33. The highest BCUT2D eigenvalue weighted by atomic mass is 16.3. The third kappa shape index (κ3) is 6.30. The molecule has 21 heavy (non-hydrogen) atoms. The van der Waals surface area contributed by atoms with Crippen molar-refractivity contribution in [3.8, 4) is 0 Å². The molecule has 3 aliphatic rings. The molecular formula is C20H38O. The van der Waals surface area contributed by atoms with Gasteiger partial charge in [0.25, 0.3) is 0 Å². The molecule has 0 atom stereocenters. The fourth-order valence-electron chi connectivity index (χ4n) is 4.61. The molecule has 0 aromatic rings. The molecule has 0 aromatic heterocycles. The van der Waals surface area contributed by atoms with Gasteiger partial charge >= 0.3 is 0 Å². The summed E-state index contributed by atoms with van der Waals surface area (Å²) < 4.78 is 0. The zero-order valence-corrected chi connectivity index (χ0v) is 14.5. The summed E-state index contributed by atoms with van der Waals surface area (Å²) in [5.41, 5.74) is 0. The maximum atomic E-state index is 9.03. The minimum Gasteiger partial charge on any atom is -0.393 e. The predicted octanol–water partition coefficient (Wildman–Crippen LogP) is 5.95. The van der Waals surface area contributed by atoms with Gasteiger partial charge in [0.1, 0.15) is 0 Å². The van der Waals surface area contributed by atoms with Crippen molar-refractivity contribution >= 4 is 0 Å². The molecule has 0 amide bonds. The molecule has 3 fully saturated rings. The van der Waals surface area contributed by atoms with Gasteiger partial charge in [-0.25, -0.2) is 0 Å². The van der Waals surface area contributed by atoms with Gasteiger partial charge in [-0.05, 0) is 62.2 Å². The van der Waals surface area contributed by atoms with Gasteiger partial charge in [-0.1, -0.05) is 58.8 Å². The molecule has 0 aromatic carbocycles. The van der Waals surface area contributed by atoms with Crippen molar-refractivity contribution in [3.05, 3.63) is 0 Å². The fourth-order valence-corrected chi connectivity index (χ4v) is 4.61. The highest BCUT2D eigenvalue weighted by Gasteiger charge is 2.26. The Balaban J connectivity index is 0.000000173. The van der Waals surface area contributed by atoms with E-state index in [1.54, 1.807) is 25.7 Å². The molecule has 3 aliphatic carbocycles. The van der Waals surface area contributed by atoms with Crippen LogP contribution in [0.4, 0.5) is 0 Å². The highest BCUT2D eigenvalue weighted by Crippen LogP contribution is 2.39. The Labute approximate surface area is 132 Å². The van der Waals surface area contributed by atoms with Crippen LogP contribution < -0.4 is 0 Å². The summed E-state index contributed by atoms with van der Waals surface area (Å²) in [6.07, 6.45) is 18.3. The Kier molecular flexibility index (Phi) is 7.57. The molecule has 0 saturated heterocycles. The van der Waals surface area contributed by atoms with Crippen molar-refractivity contribution in [2.24, 2.45) is 23.7 Å². The van der Waals surface area contributed by atoms with Crippen LogP contribution in [-0.2, 0) is 0 Å². The van der Waals surface area contributed by atoms with Crippen LogP contribution in [0.2, 0.25) is 0 Å². The summed E-state index contributed by atoms with van der Waals surface area (Å²) in [4.78, 5) is 0. The molecular weight excluding hydrogens is 256 g/mol. The van der Waals surface area contributed by atoms with Gasteiger partial charge in [-0.15, -0.1) is 0 Å². The Morgan fingerprint density at radius 2 is 0.952 bits per heavy atom. The summed E-state index contributed by atoms with van der Waals surface area (Å²) in [5.74, 6) is 4.14. The number of hydrogen-bond acceptors (Lipinski definition) is 1. The van der Waals surface area contributed by atoms with E-state index in [0.717, 1.165) is 36.5 Å². The molecule has 124 valence electrons. The molecule has 1 N–H and O–H groups in total. The van der Waals surface area contributed by atoms with E-state index in [-0.39, 0.29) is 6.10 Å². The zero-order chi connectivity index (χ0) is 15.1. The number of aliphatic hydroxyl groups is 1. The maximum Gasteiger partial charge on any atom is 0.0540 e. The first-order valence-electron chi connectivity index (χ1n) is 9.83. The van der Waals surface area contributed by atoms with Gasteiger partial charge in [0.15, 0.2) is 0 Å². The number of aliphatic hydroxyl groups excluding tert-OH is 1. The average molecular weight is 295 g/mol. The summed E-state index contributed by atoms with van der Waals surface area (Å²) in [6, 6.07) is 0. The largest absolute Gasteiger partial charge is 0.393 e. The average Bonchev–Trinajstić information content (AvgIpc) is 2.52. The fraction of sp³-hybridized carbons (Fsp3) is 1.00. The third-order valence-electron chi connectivity index (χ3n) is 6.36. The Morgan fingerprint density at radius 3 is 1.43 bits per heavy atom. The second kappa shape index (κ2) is 9.18. The van der Waals surface area contributed by atoms with E-state index in [4.69, 9.17) is 5.11 Å². The Hall–Kier alpha value is -0.0400. The van der Waals surface area contributed by atoms with E-state index in [1.165, 1.54) is 44.9 Å². The molecule has 0 bridgehead atoms. The van der Waals surface area contributed by atoms with Gasteiger partial charge in [0, 0.05) is 0 Å². The SMILES string of the molecule is CC1CCC(C2CCCCC2)CC1.CC1CCC(O)CC1. The maximum absolute atomic E-state index is 9.03. The molecule has 3 saturated carbocycles. The van der Waals surface area contributed by atoms with E-state index < -0.39 is 0 Å². The van der Waals surface area contributed by atoms with Crippen LogP contribution in [0.1, 0.15) is 97.3 Å². The van der Waals surface area contributed by atoms with Crippen LogP contribution in [0.5, 0.6) is 0 Å². The monoisotopic (exact) mass is 294 g/mol. The lowest BCUT2D eigenvalue weighted by Crippen LogP contribution is -2.22. The molecule has 3 rings (SSSR count). The molecule has 0 radical (unpaired) electrons. The Morgan fingerprint density at radius 1 is 0.524 bits per heavy atom. The smallest absolute Gasteiger partial charge is 0.0540 e. The molecule has 1 nitrogen and oxygen atoms in total. The predicted molar refractivity (Wildman–Crippen MR) is 91.3 cm³/mol. The lowest BCUT2D eigenvalue weighted by Gasteiger charge is -2.34. The highest BCUT2D eigenvalue weighted by molar-refractivity contribution is 4.78. The summed E-state index contributed by atoms with van der Waals surface area (Å²) >= 11 is 0. The van der Waals surface area contributed by atoms with Crippen LogP contribution in [0.3, 0.4) is 0 Å². The van der Waals surface area contributed by atoms with Crippen molar-refractivity contribution in [2.75, 3.05) is 0 Å². The zero-order valence-electron chi connectivity index (χ0n) is 14.5. The van der Waals surface area contributed by atoms with Crippen molar-refractivity contribution in [3.63, 3.8) is 0 Å². The van der Waals surface area contributed by atoms with Gasteiger partial charge in [0.2, 0.25) is 0 Å². The first-order chi connectivity index (χ1) is 10.1. The minimum absolute atomic E-state index is 0.0196. The summed E-state index contributed by atoms with van der Waals surface area (Å²) in [5, 5.41) is 9.03. The van der Waals surface area contributed by atoms with E-state index in [9.17, 15) is 0 Å². The molecule has 0 unspecified atom stereocenters. The van der Waals surface area contributed by atoms with Crippen molar-refractivity contribution in [1.29, 1.82) is 0 Å². The molecule has 0 aliphatic heterocycles. The molecule has 1 heteroatoms. The third-order valence-corrected chi connectivity index (χ3v) is 6.36. The second-order valence-electron chi connectivity index (χ2n) is 8.33. The van der Waals surface area contributed by atoms with Gasteiger partial charge in [0.05, 0.1) is 6.10 Å². The normalized spacial score (nSPS) is 38.4. The lowest BCUT2D eigenvalue weighted by molar-refractivity contribution is 0.112. The first-order valence-corrected chi connectivity index (χ1v) is 9.83. The summed E-state index contributed by atoms with van der Waals surface area (Å²) in [7, 11) is 0. The number of hydrogen-bond donors (Lipinski definition) is 1. The standard InChI is InChI=1S/C13H24.C7H14O/c1-11-7-9-13(10-8-11)12-5-3-2-4-6-12;1-6-2-4-7(8)5-3-6/h11-13H,2-10H2,1H3;6-8H,2-5H2,1H3. The lowest BCUT2D eigenvalue weighted by atomic mass is 9.71. The van der Waals surface area contributed by atoms with Gasteiger partial charge in [-0.2, -0.15) is 0 Å². The van der Waals surface area contributed by atoms with Crippen LogP contribution in [0, 0.1) is 23.7 Å². The van der Waals surface area contributed by atoms with Crippen molar-refractivity contribution in [2.45, 2.75) is 103 Å². The van der Waals surface area contributed by atoms with E-state index >= 15 is 0 Å². The Bertz CT molecular complexity index is 243. The van der Waals surface area contributed by atoms with Crippen molar-refractivity contribution < 1.29 is 5.11 Å². The summed E-state index contributed by atoms with van der Waals surface area (Å²) in [6.45, 7) is 4.68. The van der Waals surface area contributed by atoms with Gasteiger partial charge in [-0.3, -0.25) is 0 Å². The van der Waals surface area contributed by atoms with E-state index in [2.05, 4.69) is 13.8 Å². The topological polar surface area (TPSA) is 20.2 Å².